The predicted molar refractivity (Wildman–Crippen MR) is 77.0 cm³/mol. The highest BCUT2D eigenvalue weighted by Gasteiger charge is 2.27. The van der Waals surface area contributed by atoms with Gasteiger partial charge in [-0.2, -0.15) is 0 Å². The van der Waals surface area contributed by atoms with Gasteiger partial charge in [-0.3, -0.25) is 4.79 Å². The molecule has 1 fully saturated rings. The normalized spacial score (nSPS) is 22.1. The number of nitrogens with one attached hydrogen (secondary N) is 1. The Kier molecular flexibility index (Phi) is 4.22. The summed E-state index contributed by atoms with van der Waals surface area (Å²) in [6, 6.07) is 8.11. The van der Waals surface area contributed by atoms with Gasteiger partial charge in [0.1, 0.15) is 0 Å². The Labute approximate surface area is 113 Å². The number of aliphatic hydroxyl groups excluding tert-OH is 1. The Morgan fingerprint density at radius 2 is 1.95 bits per heavy atom. The predicted octanol–water partition coefficient (Wildman–Crippen LogP) is 1.41. The van der Waals surface area contributed by atoms with Gasteiger partial charge in [0.2, 0.25) is 5.91 Å². The standard InChI is InChI=1S/C15H20N2O2/c1-17(2)13-6-3-11(4-7-13)5-8-15(19)16-12-9-14(18)10-12/h3-8,12,14,18H,9-10H2,1-2H3,(H,16,19). The number of hydrogen-bond donors (Lipinski definition) is 2. The average Bonchev–Trinajstić information content (AvgIpc) is 2.35. The largest absolute Gasteiger partial charge is 0.393 e. The number of benzene rings is 1. The van der Waals surface area contributed by atoms with E-state index in [1.807, 2.05) is 43.3 Å². The zero-order valence-electron chi connectivity index (χ0n) is 11.3. The van der Waals surface area contributed by atoms with Crippen molar-refractivity contribution in [3.63, 3.8) is 0 Å². The Morgan fingerprint density at radius 3 is 2.47 bits per heavy atom. The third-order valence-corrected chi connectivity index (χ3v) is 3.30. The van der Waals surface area contributed by atoms with Crippen molar-refractivity contribution in [1.82, 2.24) is 5.32 Å². The van der Waals surface area contributed by atoms with Crippen LogP contribution in [-0.4, -0.2) is 37.3 Å². The van der Waals surface area contributed by atoms with Crippen LogP contribution in [0.25, 0.3) is 6.08 Å². The van der Waals surface area contributed by atoms with E-state index in [2.05, 4.69) is 5.32 Å². The number of amides is 1. The van der Waals surface area contributed by atoms with Crippen LogP contribution in [0.5, 0.6) is 0 Å². The van der Waals surface area contributed by atoms with Gasteiger partial charge in [0, 0.05) is 31.9 Å². The molecule has 1 aromatic carbocycles. The third-order valence-electron chi connectivity index (χ3n) is 3.30. The second-order valence-electron chi connectivity index (χ2n) is 5.15. The Balaban J connectivity index is 1.85. The van der Waals surface area contributed by atoms with Crippen LogP contribution in [0.3, 0.4) is 0 Å². The quantitative estimate of drug-likeness (QED) is 0.805. The van der Waals surface area contributed by atoms with Crippen molar-refractivity contribution in [2.45, 2.75) is 25.0 Å². The number of hydrogen-bond acceptors (Lipinski definition) is 3. The molecular formula is C15H20N2O2. The molecule has 0 saturated heterocycles. The SMILES string of the molecule is CN(C)c1ccc(C=CC(=O)NC2CC(O)C2)cc1. The molecule has 19 heavy (non-hydrogen) atoms. The van der Waals surface area contributed by atoms with E-state index in [-0.39, 0.29) is 18.1 Å². The molecule has 1 saturated carbocycles. The highest BCUT2D eigenvalue weighted by molar-refractivity contribution is 5.92. The molecule has 1 aliphatic carbocycles. The topological polar surface area (TPSA) is 52.6 Å². The highest BCUT2D eigenvalue weighted by Crippen LogP contribution is 2.19. The van der Waals surface area contributed by atoms with Crippen LogP contribution < -0.4 is 10.2 Å². The van der Waals surface area contributed by atoms with E-state index in [1.165, 1.54) is 6.08 Å². The molecule has 0 spiro atoms. The van der Waals surface area contributed by atoms with Gasteiger partial charge < -0.3 is 15.3 Å². The van der Waals surface area contributed by atoms with E-state index in [0.29, 0.717) is 12.8 Å². The van der Waals surface area contributed by atoms with E-state index in [1.54, 1.807) is 6.08 Å². The lowest BCUT2D eigenvalue weighted by Crippen LogP contribution is -2.46. The van der Waals surface area contributed by atoms with Crippen molar-refractivity contribution in [3.8, 4) is 0 Å². The van der Waals surface area contributed by atoms with Crippen molar-refractivity contribution in [3.05, 3.63) is 35.9 Å². The fraction of sp³-hybridized carbons (Fsp3) is 0.400. The molecule has 0 bridgehead atoms. The van der Waals surface area contributed by atoms with Crippen molar-refractivity contribution >= 4 is 17.7 Å². The van der Waals surface area contributed by atoms with Gasteiger partial charge in [-0.15, -0.1) is 0 Å². The Bertz CT molecular complexity index is 460. The number of aliphatic hydroxyl groups is 1. The minimum absolute atomic E-state index is 0.103. The summed E-state index contributed by atoms with van der Waals surface area (Å²) >= 11 is 0. The smallest absolute Gasteiger partial charge is 0.244 e. The summed E-state index contributed by atoms with van der Waals surface area (Å²) in [6.45, 7) is 0. The minimum Gasteiger partial charge on any atom is -0.393 e. The summed E-state index contributed by atoms with van der Waals surface area (Å²) < 4.78 is 0. The molecular weight excluding hydrogens is 240 g/mol. The van der Waals surface area contributed by atoms with E-state index < -0.39 is 0 Å². The zero-order valence-corrected chi connectivity index (χ0v) is 11.3. The third kappa shape index (κ3) is 3.83. The molecule has 0 aromatic heterocycles. The molecule has 0 heterocycles. The molecule has 0 radical (unpaired) electrons. The monoisotopic (exact) mass is 260 g/mol. The van der Waals surface area contributed by atoms with Gasteiger partial charge in [-0.1, -0.05) is 12.1 Å². The molecule has 2 N–H and O–H groups in total. The van der Waals surface area contributed by atoms with Crippen molar-refractivity contribution in [2.24, 2.45) is 0 Å². The summed E-state index contributed by atoms with van der Waals surface area (Å²) in [5.74, 6) is -0.103. The lowest BCUT2D eigenvalue weighted by Gasteiger charge is -2.31. The number of nitrogens with zero attached hydrogens (tertiary/aromatic N) is 1. The zero-order chi connectivity index (χ0) is 13.8. The van der Waals surface area contributed by atoms with Crippen LogP contribution in [-0.2, 0) is 4.79 Å². The highest BCUT2D eigenvalue weighted by atomic mass is 16.3. The Hall–Kier alpha value is -1.81. The van der Waals surface area contributed by atoms with Gasteiger partial charge in [-0.05, 0) is 36.6 Å². The van der Waals surface area contributed by atoms with Crippen molar-refractivity contribution in [2.75, 3.05) is 19.0 Å². The fourth-order valence-electron chi connectivity index (χ4n) is 2.01. The van der Waals surface area contributed by atoms with Crippen LogP contribution in [0.4, 0.5) is 5.69 Å². The van der Waals surface area contributed by atoms with Gasteiger partial charge in [-0.25, -0.2) is 0 Å². The Morgan fingerprint density at radius 1 is 1.32 bits per heavy atom. The van der Waals surface area contributed by atoms with Crippen LogP contribution in [0.1, 0.15) is 18.4 Å². The lowest BCUT2D eigenvalue weighted by molar-refractivity contribution is -0.118. The number of rotatable bonds is 4. The van der Waals surface area contributed by atoms with E-state index in [4.69, 9.17) is 5.11 Å². The molecule has 0 aliphatic heterocycles. The molecule has 102 valence electrons. The summed E-state index contributed by atoms with van der Waals surface area (Å²) in [6.07, 6.45) is 4.42. The second-order valence-corrected chi connectivity index (χ2v) is 5.15. The van der Waals surface area contributed by atoms with Crippen LogP contribution in [0.2, 0.25) is 0 Å². The first-order chi connectivity index (χ1) is 9.04. The number of carbonyl (C=O) groups is 1. The average molecular weight is 260 g/mol. The van der Waals surface area contributed by atoms with Gasteiger partial charge in [0.05, 0.1) is 6.10 Å². The van der Waals surface area contributed by atoms with Crippen LogP contribution in [0, 0.1) is 0 Å². The molecule has 1 aromatic rings. The van der Waals surface area contributed by atoms with Gasteiger partial charge in [0.25, 0.3) is 0 Å². The summed E-state index contributed by atoms with van der Waals surface area (Å²) in [5, 5.41) is 12.0. The molecule has 4 heteroatoms. The van der Waals surface area contributed by atoms with E-state index >= 15 is 0 Å². The summed E-state index contributed by atoms with van der Waals surface area (Å²) in [4.78, 5) is 13.6. The molecule has 0 atom stereocenters. The summed E-state index contributed by atoms with van der Waals surface area (Å²) in [5.41, 5.74) is 2.12. The second kappa shape index (κ2) is 5.89. The lowest BCUT2D eigenvalue weighted by atomic mass is 9.89. The summed E-state index contributed by atoms with van der Waals surface area (Å²) in [7, 11) is 3.98. The van der Waals surface area contributed by atoms with Gasteiger partial charge >= 0.3 is 0 Å². The first-order valence-corrected chi connectivity index (χ1v) is 6.48. The van der Waals surface area contributed by atoms with Crippen LogP contribution >= 0.6 is 0 Å². The fourth-order valence-corrected chi connectivity index (χ4v) is 2.01. The van der Waals surface area contributed by atoms with Crippen LogP contribution in [0.15, 0.2) is 30.3 Å². The number of anilines is 1. The van der Waals surface area contributed by atoms with E-state index in [0.717, 1.165) is 11.3 Å². The minimum atomic E-state index is -0.243. The molecule has 0 unspecified atom stereocenters. The van der Waals surface area contributed by atoms with E-state index in [9.17, 15) is 4.79 Å². The molecule has 1 amide bonds. The number of carbonyl (C=O) groups excluding carboxylic acids is 1. The maximum absolute atomic E-state index is 11.6. The first kappa shape index (κ1) is 13.6. The molecule has 1 aliphatic rings. The molecule has 4 nitrogen and oxygen atoms in total. The van der Waals surface area contributed by atoms with Crippen molar-refractivity contribution < 1.29 is 9.90 Å². The first-order valence-electron chi connectivity index (χ1n) is 6.48. The van der Waals surface area contributed by atoms with Crippen molar-refractivity contribution in [1.29, 1.82) is 0 Å². The van der Waals surface area contributed by atoms with Gasteiger partial charge in [0.15, 0.2) is 0 Å². The molecule has 2 rings (SSSR count). The maximum atomic E-state index is 11.6. The maximum Gasteiger partial charge on any atom is 0.244 e.